The van der Waals surface area contributed by atoms with Gasteiger partial charge in [0.2, 0.25) is 40.7 Å². The molecular formula is C33H39F8N3O9. The smallest absolute Gasteiger partial charge is 0.464 e. The molecule has 1 aromatic rings. The van der Waals surface area contributed by atoms with Gasteiger partial charge in [0, 0.05) is 12.3 Å². The Labute approximate surface area is 298 Å². The molecule has 1 heterocycles. The number of hydrogen-bond donors (Lipinski definition) is 3. The fraction of sp³-hybridized carbons (Fsp3) is 0.606. The molecule has 2 aliphatic rings. The number of unbranched alkanes of at least 4 members (excludes halogenated alkanes) is 3. The van der Waals surface area contributed by atoms with Gasteiger partial charge >= 0.3 is 30.1 Å². The number of ether oxygens (including phenoxy) is 3. The highest BCUT2D eigenvalue weighted by atomic mass is 19.4. The molecule has 53 heavy (non-hydrogen) atoms. The molecule has 3 amide bonds. The minimum Gasteiger partial charge on any atom is -0.464 e. The number of carbonyl (C=O) groups is 5. The molecule has 5 atom stereocenters. The maximum Gasteiger partial charge on any atom is 0.471 e. The molecule has 20 heteroatoms. The molecule has 1 aliphatic heterocycles. The van der Waals surface area contributed by atoms with E-state index in [0.29, 0.717) is 12.8 Å². The van der Waals surface area contributed by atoms with Gasteiger partial charge in [-0.15, -0.1) is 0 Å². The van der Waals surface area contributed by atoms with E-state index in [0.717, 1.165) is 4.90 Å². The summed E-state index contributed by atoms with van der Waals surface area (Å²) in [5.74, 6) is -21.2. The van der Waals surface area contributed by atoms with E-state index in [1.54, 1.807) is 39.8 Å². The average molecular weight is 774 g/mol. The molecule has 0 radical (unpaired) electrons. The predicted molar refractivity (Wildman–Crippen MR) is 165 cm³/mol. The average Bonchev–Trinajstić information content (AvgIpc) is 3.61. The third-order valence-corrected chi connectivity index (χ3v) is 8.16. The SMILES string of the molecule is CCOC(=O)[C@@]1(NC(=O)[C@@H]2C[C@@H](O)CN2C(=O)OC(C)(C)C)C[C@H]1C=CCCCCC[C@H](NC(=O)C(F)(F)F)C(=O)Oc1c(F)c(F)c(F)c(F)c1F. The van der Waals surface area contributed by atoms with Crippen LogP contribution < -0.4 is 15.4 Å². The number of allylic oxidation sites excluding steroid dienone is 1. The second-order valence-corrected chi connectivity index (χ2v) is 13.4. The summed E-state index contributed by atoms with van der Waals surface area (Å²) >= 11 is 0. The van der Waals surface area contributed by atoms with Gasteiger partial charge in [-0.25, -0.2) is 27.6 Å². The third-order valence-electron chi connectivity index (χ3n) is 8.16. The van der Waals surface area contributed by atoms with Gasteiger partial charge in [0.25, 0.3) is 0 Å². The third kappa shape index (κ3) is 10.8. The summed E-state index contributed by atoms with van der Waals surface area (Å²) < 4.78 is 122. The largest absolute Gasteiger partial charge is 0.471 e. The van der Waals surface area contributed by atoms with Crippen LogP contribution in [0.25, 0.3) is 0 Å². The van der Waals surface area contributed by atoms with Gasteiger partial charge in [0.05, 0.1) is 19.3 Å². The lowest BCUT2D eigenvalue weighted by Crippen LogP contribution is -2.54. The Hall–Kier alpha value is -4.49. The minimum absolute atomic E-state index is 0.00141. The number of benzene rings is 1. The predicted octanol–water partition coefficient (Wildman–Crippen LogP) is 4.65. The van der Waals surface area contributed by atoms with Crippen molar-refractivity contribution in [3.63, 3.8) is 0 Å². The molecule has 1 saturated carbocycles. The summed E-state index contributed by atoms with van der Waals surface area (Å²) in [6.07, 6.45) is -3.88. The highest BCUT2D eigenvalue weighted by Crippen LogP contribution is 2.46. The van der Waals surface area contributed by atoms with Gasteiger partial charge in [-0.1, -0.05) is 25.0 Å². The highest BCUT2D eigenvalue weighted by Gasteiger charge is 2.62. The number of aliphatic hydroxyl groups is 1. The molecule has 0 unspecified atom stereocenters. The van der Waals surface area contributed by atoms with Gasteiger partial charge in [-0.2, -0.15) is 22.0 Å². The summed E-state index contributed by atoms with van der Waals surface area (Å²) in [5, 5.41) is 14.1. The zero-order valence-electron chi connectivity index (χ0n) is 29.0. The minimum atomic E-state index is -5.50. The molecule has 0 spiro atoms. The fourth-order valence-electron chi connectivity index (χ4n) is 5.48. The molecule has 1 aromatic carbocycles. The van der Waals surface area contributed by atoms with Crippen molar-refractivity contribution in [1.29, 1.82) is 0 Å². The Morgan fingerprint density at radius 3 is 2.13 bits per heavy atom. The van der Waals surface area contributed by atoms with E-state index in [4.69, 9.17) is 9.47 Å². The van der Waals surface area contributed by atoms with Crippen LogP contribution in [0, 0.1) is 35.0 Å². The summed E-state index contributed by atoms with van der Waals surface area (Å²) in [5.41, 5.74) is -2.34. The lowest BCUT2D eigenvalue weighted by atomic mass is 10.1. The number of rotatable bonds is 14. The van der Waals surface area contributed by atoms with Gasteiger partial charge in [0.15, 0.2) is 0 Å². The first-order chi connectivity index (χ1) is 24.5. The number of halogens is 8. The van der Waals surface area contributed by atoms with Crippen LogP contribution >= 0.6 is 0 Å². The van der Waals surface area contributed by atoms with Crippen LogP contribution in [-0.2, 0) is 28.7 Å². The van der Waals surface area contributed by atoms with Crippen molar-refractivity contribution in [3.8, 4) is 5.75 Å². The van der Waals surface area contributed by atoms with Crippen molar-refractivity contribution < 1.29 is 78.4 Å². The number of alkyl halides is 3. The maximum absolute atomic E-state index is 14.0. The summed E-state index contributed by atoms with van der Waals surface area (Å²) in [6, 6.07) is -3.32. The Balaban J connectivity index is 1.60. The van der Waals surface area contributed by atoms with Gasteiger partial charge in [-0.05, 0) is 53.4 Å². The van der Waals surface area contributed by atoms with Gasteiger partial charge in [-0.3, -0.25) is 14.5 Å². The van der Waals surface area contributed by atoms with Crippen LogP contribution in [-0.4, -0.2) is 88.5 Å². The van der Waals surface area contributed by atoms with E-state index in [9.17, 15) is 64.2 Å². The molecule has 296 valence electrons. The van der Waals surface area contributed by atoms with E-state index in [1.807, 2.05) is 0 Å². The van der Waals surface area contributed by atoms with Crippen LogP contribution in [0.5, 0.6) is 5.75 Å². The molecule has 0 bridgehead atoms. The van der Waals surface area contributed by atoms with Crippen molar-refractivity contribution in [2.24, 2.45) is 5.92 Å². The maximum atomic E-state index is 14.0. The highest BCUT2D eigenvalue weighted by molar-refractivity contribution is 5.95. The zero-order valence-corrected chi connectivity index (χ0v) is 29.0. The zero-order chi connectivity index (χ0) is 40.1. The van der Waals surface area contributed by atoms with E-state index >= 15 is 0 Å². The number of likely N-dealkylation sites (tertiary alicyclic amines) is 1. The van der Waals surface area contributed by atoms with E-state index in [1.165, 1.54) is 5.32 Å². The summed E-state index contributed by atoms with van der Waals surface area (Å²) in [6.45, 7) is 6.30. The number of hydrogen-bond acceptors (Lipinski definition) is 9. The topological polar surface area (TPSA) is 161 Å². The molecule has 1 saturated heterocycles. The quantitative estimate of drug-likeness (QED) is 0.0465. The number of nitrogens with zero attached hydrogens (tertiary/aromatic N) is 1. The van der Waals surface area contributed by atoms with Crippen molar-refractivity contribution in [2.45, 2.75) is 108 Å². The van der Waals surface area contributed by atoms with E-state index in [2.05, 4.69) is 10.1 Å². The molecule has 3 N–H and O–H groups in total. The number of amides is 3. The standard InChI is InChI=1S/C33H39F8N3O9/c1-5-51-29(49)32(43-26(46)19-13-17(45)15-44(19)30(50)53-31(2,3)4)14-16(32)11-9-7-6-8-10-12-18(42-28(48)33(39,40)41)27(47)52-25-23(37)21(35)20(34)22(36)24(25)38/h9,11,16-19,45H,5-8,10,12-15H2,1-4H3,(H,42,48)(H,43,46)/t16-,17-,18+,19+,32-/m1/s1. The monoisotopic (exact) mass is 773 g/mol. The van der Waals surface area contributed by atoms with Gasteiger partial charge in [0.1, 0.15) is 23.2 Å². The second-order valence-electron chi connectivity index (χ2n) is 13.4. The molecule has 0 aromatic heterocycles. The number of nitrogens with one attached hydrogen (secondary N) is 2. The Bertz CT molecular complexity index is 1570. The van der Waals surface area contributed by atoms with Crippen LogP contribution in [0.1, 0.15) is 72.6 Å². The summed E-state index contributed by atoms with van der Waals surface area (Å²) in [7, 11) is 0. The molecular weight excluding hydrogens is 734 g/mol. The van der Waals surface area contributed by atoms with Crippen molar-refractivity contribution >= 4 is 29.8 Å². The van der Waals surface area contributed by atoms with Crippen LogP contribution in [0.3, 0.4) is 0 Å². The first-order valence-electron chi connectivity index (χ1n) is 16.5. The lowest BCUT2D eigenvalue weighted by molar-refractivity contribution is -0.175. The number of aliphatic hydroxyl groups excluding tert-OH is 1. The summed E-state index contributed by atoms with van der Waals surface area (Å²) in [4.78, 5) is 64.0. The Kier molecular flexibility index (Phi) is 13.9. The van der Waals surface area contributed by atoms with E-state index < -0.39 is 113 Å². The number of β-amino-alcohol motifs (C(OH)–C–C–N with tert-alkyl or cyclic N) is 1. The Morgan fingerprint density at radius 1 is 0.962 bits per heavy atom. The van der Waals surface area contributed by atoms with Crippen LogP contribution in [0.4, 0.5) is 39.9 Å². The fourth-order valence-corrected chi connectivity index (χ4v) is 5.48. The molecule has 1 aliphatic carbocycles. The van der Waals surface area contributed by atoms with Gasteiger partial charge < -0.3 is 30.0 Å². The lowest BCUT2D eigenvalue weighted by Gasteiger charge is -2.29. The molecule has 12 nitrogen and oxygen atoms in total. The first kappa shape index (κ1) is 42.9. The Morgan fingerprint density at radius 2 is 1.57 bits per heavy atom. The number of carbonyl (C=O) groups excluding carboxylic acids is 5. The number of esters is 2. The van der Waals surface area contributed by atoms with Crippen LogP contribution in [0.2, 0.25) is 0 Å². The second kappa shape index (κ2) is 17.1. The molecule has 2 fully saturated rings. The molecule has 3 rings (SSSR count). The van der Waals surface area contributed by atoms with Crippen molar-refractivity contribution in [1.82, 2.24) is 15.5 Å². The van der Waals surface area contributed by atoms with Crippen molar-refractivity contribution in [2.75, 3.05) is 13.2 Å². The first-order valence-corrected chi connectivity index (χ1v) is 16.5. The van der Waals surface area contributed by atoms with Crippen LogP contribution in [0.15, 0.2) is 12.2 Å². The van der Waals surface area contributed by atoms with Crippen molar-refractivity contribution in [3.05, 3.63) is 41.2 Å². The normalized spacial score (nSPS) is 22.0. The van der Waals surface area contributed by atoms with E-state index in [-0.39, 0.29) is 38.8 Å².